The highest BCUT2D eigenvalue weighted by molar-refractivity contribution is 5.94. The van der Waals surface area contributed by atoms with Crippen LogP contribution in [0.25, 0.3) is 0 Å². The number of amides is 2. The number of carbonyl (C=O) groups is 2. The van der Waals surface area contributed by atoms with Gasteiger partial charge in [0, 0.05) is 18.8 Å². The van der Waals surface area contributed by atoms with Crippen LogP contribution in [0.15, 0.2) is 24.3 Å². The molecule has 108 valence electrons. The average molecular weight is 276 g/mol. The minimum absolute atomic E-state index is 0.115. The van der Waals surface area contributed by atoms with Gasteiger partial charge in [0.15, 0.2) is 0 Å². The van der Waals surface area contributed by atoms with Crippen LogP contribution in [0.5, 0.6) is 0 Å². The standard InChI is InChI=1S/C15H20N2O3/c1-3-20-14(18)12-5-4-6-13(9-12)16-15(19)17-8-7-11(2)10-17/h4-6,9,11H,3,7-8,10H2,1-2H3,(H,16,19). The third-order valence-corrected chi connectivity index (χ3v) is 3.34. The summed E-state index contributed by atoms with van der Waals surface area (Å²) in [5, 5.41) is 2.82. The number of nitrogens with one attached hydrogen (secondary N) is 1. The fraction of sp³-hybridized carbons (Fsp3) is 0.467. The molecule has 0 saturated carbocycles. The van der Waals surface area contributed by atoms with Gasteiger partial charge in [0.1, 0.15) is 0 Å². The Hall–Kier alpha value is -2.04. The first kappa shape index (κ1) is 14.4. The maximum absolute atomic E-state index is 12.1. The molecule has 20 heavy (non-hydrogen) atoms. The number of carbonyl (C=O) groups excluding carboxylic acids is 2. The number of anilines is 1. The summed E-state index contributed by atoms with van der Waals surface area (Å²) in [6.45, 7) is 5.79. The van der Waals surface area contributed by atoms with E-state index < -0.39 is 0 Å². The molecule has 1 unspecified atom stereocenters. The molecule has 2 amide bonds. The van der Waals surface area contributed by atoms with Crippen LogP contribution in [0, 0.1) is 5.92 Å². The number of esters is 1. The molecule has 1 atom stereocenters. The minimum Gasteiger partial charge on any atom is -0.462 e. The number of rotatable bonds is 3. The van der Waals surface area contributed by atoms with Gasteiger partial charge in [-0.1, -0.05) is 13.0 Å². The number of benzene rings is 1. The Morgan fingerprint density at radius 2 is 2.25 bits per heavy atom. The van der Waals surface area contributed by atoms with E-state index in [2.05, 4.69) is 12.2 Å². The zero-order valence-corrected chi connectivity index (χ0v) is 11.9. The van der Waals surface area contributed by atoms with E-state index in [-0.39, 0.29) is 12.0 Å². The molecule has 2 rings (SSSR count). The molecule has 1 aromatic rings. The lowest BCUT2D eigenvalue weighted by molar-refractivity contribution is 0.0526. The number of likely N-dealkylation sites (tertiary alicyclic amines) is 1. The Morgan fingerprint density at radius 3 is 2.90 bits per heavy atom. The van der Waals surface area contributed by atoms with Crippen LogP contribution < -0.4 is 5.32 Å². The first-order chi connectivity index (χ1) is 9.60. The number of nitrogens with zero attached hydrogens (tertiary/aromatic N) is 1. The van der Waals surface area contributed by atoms with E-state index in [1.807, 2.05) is 0 Å². The van der Waals surface area contributed by atoms with Crippen LogP contribution in [0.1, 0.15) is 30.6 Å². The first-order valence-electron chi connectivity index (χ1n) is 6.93. The van der Waals surface area contributed by atoms with Crippen molar-refractivity contribution in [3.05, 3.63) is 29.8 Å². The van der Waals surface area contributed by atoms with Gasteiger partial charge in [0.25, 0.3) is 0 Å². The fourth-order valence-corrected chi connectivity index (χ4v) is 2.26. The second kappa shape index (κ2) is 6.41. The molecule has 1 heterocycles. The summed E-state index contributed by atoms with van der Waals surface area (Å²) < 4.78 is 4.94. The monoisotopic (exact) mass is 276 g/mol. The topological polar surface area (TPSA) is 58.6 Å². The highest BCUT2D eigenvalue weighted by atomic mass is 16.5. The smallest absolute Gasteiger partial charge is 0.338 e. The van der Waals surface area contributed by atoms with Gasteiger partial charge in [-0.25, -0.2) is 9.59 Å². The van der Waals surface area contributed by atoms with E-state index >= 15 is 0 Å². The van der Waals surface area contributed by atoms with Crippen LogP contribution in [0.3, 0.4) is 0 Å². The van der Waals surface area contributed by atoms with Gasteiger partial charge in [-0.15, -0.1) is 0 Å². The highest BCUT2D eigenvalue weighted by Crippen LogP contribution is 2.17. The normalized spacial score (nSPS) is 17.9. The predicted molar refractivity (Wildman–Crippen MR) is 76.8 cm³/mol. The molecule has 5 heteroatoms. The largest absolute Gasteiger partial charge is 0.462 e. The number of hydrogen-bond donors (Lipinski definition) is 1. The van der Waals surface area contributed by atoms with E-state index in [1.165, 1.54) is 0 Å². The van der Waals surface area contributed by atoms with Crippen molar-refractivity contribution < 1.29 is 14.3 Å². The quantitative estimate of drug-likeness (QED) is 0.864. The van der Waals surface area contributed by atoms with Gasteiger partial charge in [-0.05, 0) is 37.5 Å². The highest BCUT2D eigenvalue weighted by Gasteiger charge is 2.23. The van der Waals surface area contributed by atoms with E-state index in [0.29, 0.717) is 23.8 Å². The molecule has 1 fully saturated rings. The Kier molecular flexibility index (Phi) is 4.61. The van der Waals surface area contributed by atoms with Crippen LogP contribution in [0.2, 0.25) is 0 Å². The lowest BCUT2D eigenvalue weighted by Crippen LogP contribution is -2.32. The number of hydrogen-bond acceptors (Lipinski definition) is 3. The predicted octanol–water partition coefficient (Wildman–Crippen LogP) is 2.74. The molecule has 0 aliphatic carbocycles. The third-order valence-electron chi connectivity index (χ3n) is 3.34. The van der Waals surface area contributed by atoms with Gasteiger partial charge in [-0.3, -0.25) is 0 Å². The van der Waals surface area contributed by atoms with Crippen molar-refractivity contribution in [1.29, 1.82) is 0 Å². The summed E-state index contributed by atoms with van der Waals surface area (Å²) in [7, 11) is 0. The molecule has 1 saturated heterocycles. The maximum Gasteiger partial charge on any atom is 0.338 e. The van der Waals surface area contributed by atoms with Crippen LogP contribution in [-0.2, 0) is 4.74 Å². The van der Waals surface area contributed by atoms with Gasteiger partial charge >= 0.3 is 12.0 Å². The van der Waals surface area contributed by atoms with Crippen molar-refractivity contribution in [2.45, 2.75) is 20.3 Å². The lowest BCUT2D eigenvalue weighted by Gasteiger charge is -2.17. The third kappa shape index (κ3) is 3.50. The van der Waals surface area contributed by atoms with Crippen LogP contribution in [-0.4, -0.2) is 36.6 Å². The molecular weight excluding hydrogens is 256 g/mol. The van der Waals surface area contributed by atoms with Crippen molar-refractivity contribution >= 4 is 17.7 Å². The molecule has 1 aliphatic heterocycles. The van der Waals surface area contributed by atoms with Crippen molar-refractivity contribution in [3.8, 4) is 0 Å². The molecule has 0 spiro atoms. The van der Waals surface area contributed by atoms with E-state index in [9.17, 15) is 9.59 Å². The Balaban J connectivity index is 2.00. The Bertz CT molecular complexity index is 502. The van der Waals surface area contributed by atoms with E-state index in [0.717, 1.165) is 19.5 Å². The zero-order valence-electron chi connectivity index (χ0n) is 11.9. The van der Waals surface area contributed by atoms with Gasteiger partial charge in [0.2, 0.25) is 0 Å². The second-order valence-electron chi connectivity index (χ2n) is 5.07. The minimum atomic E-state index is -0.376. The van der Waals surface area contributed by atoms with Crippen molar-refractivity contribution in [1.82, 2.24) is 4.90 Å². The first-order valence-corrected chi connectivity index (χ1v) is 6.93. The van der Waals surface area contributed by atoms with E-state index in [4.69, 9.17) is 4.74 Å². The van der Waals surface area contributed by atoms with E-state index in [1.54, 1.807) is 36.1 Å². The number of ether oxygens (including phenoxy) is 1. The zero-order chi connectivity index (χ0) is 14.5. The Labute approximate surface area is 118 Å². The van der Waals surface area contributed by atoms with Gasteiger partial charge < -0.3 is 15.0 Å². The van der Waals surface area contributed by atoms with Crippen LogP contribution >= 0.6 is 0 Å². The molecular formula is C15H20N2O3. The maximum atomic E-state index is 12.1. The molecule has 1 N–H and O–H groups in total. The summed E-state index contributed by atoms with van der Waals surface area (Å²) >= 11 is 0. The summed E-state index contributed by atoms with van der Waals surface area (Å²) in [6, 6.07) is 6.69. The van der Waals surface area contributed by atoms with Crippen molar-refractivity contribution in [2.75, 3.05) is 25.0 Å². The van der Waals surface area contributed by atoms with Gasteiger partial charge in [-0.2, -0.15) is 0 Å². The van der Waals surface area contributed by atoms with Crippen molar-refractivity contribution in [3.63, 3.8) is 0 Å². The number of urea groups is 1. The fourth-order valence-electron chi connectivity index (χ4n) is 2.26. The van der Waals surface area contributed by atoms with Crippen molar-refractivity contribution in [2.24, 2.45) is 5.92 Å². The van der Waals surface area contributed by atoms with Gasteiger partial charge in [0.05, 0.1) is 12.2 Å². The molecule has 5 nitrogen and oxygen atoms in total. The molecule has 1 aliphatic rings. The molecule has 0 aromatic heterocycles. The van der Waals surface area contributed by atoms with Crippen LogP contribution in [0.4, 0.5) is 10.5 Å². The molecule has 1 aromatic carbocycles. The average Bonchev–Trinajstić information content (AvgIpc) is 2.86. The summed E-state index contributed by atoms with van der Waals surface area (Å²) in [6.07, 6.45) is 1.04. The summed E-state index contributed by atoms with van der Waals surface area (Å²) in [5.41, 5.74) is 1.06. The Morgan fingerprint density at radius 1 is 1.45 bits per heavy atom. The summed E-state index contributed by atoms with van der Waals surface area (Å²) in [5.74, 6) is 0.171. The SMILES string of the molecule is CCOC(=O)c1cccc(NC(=O)N2CCC(C)C2)c1. The lowest BCUT2D eigenvalue weighted by atomic mass is 10.2. The molecule has 0 radical (unpaired) electrons. The second-order valence-corrected chi connectivity index (χ2v) is 5.07. The molecule has 0 bridgehead atoms. The summed E-state index contributed by atoms with van der Waals surface area (Å²) in [4.78, 5) is 25.5.